The molecule has 0 atom stereocenters. The maximum absolute atomic E-state index is 12.9. The fourth-order valence-corrected chi connectivity index (χ4v) is 5.09. The highest BCUT2D eigenvalue weighted by atomic mass is 79.9. The smallest absolute Gasteiger partial charge is 0.343 e. The van der Waals surface area contributed by atoms with Gasteiger partial charge in [-0.05, 0) is 93.4 Å². The number of benzene rings is 3. The first kappa shape index (κ1) is 26.6. The molecule has 1 aliphatic rings. The van der Waals surface area contributed by atoms with E-state index in [9.17, 15) is 14.4 Å². The molecule has 1 fully saturated rings. The first-order valence-electron chi connectivity index (χ1n) is 10.2. The van der Waals surface area contributed by atoms with E-state index in [0.717, 1.165) is 16.7 Å². The lowest BCUT2D eigenvalue weighted by atomic mass is 10.1. The number of hydrogen-bond acceptors (Lipinski definition) is 6. The monoisotopic (exact) mass is 625 g/mol. The highest BCUT2D eigenvalue weighted by molar-refractivity contribution is 9.10. The number of rotatable bonds is 6. The molecule has 11 heteroatoms. The topological polar surface area (TPSA) is 72.9 Å². The molecule has 0 bridgehead atoms. The Hall–Kier alpha value is -2.49. The lowest BCUT2D eigenvalue weighted by Gasteiger charge is -2.13. The Morgan fingerprint density at radius 1 is 1.03 bits per heavy atom. The summed E-state index contributed by atoms with van der Waals surface area (Å²) in [5, 5.41) is 0.814. The molecule has 3 aromatic carbocycles. The average molecular weight is 628 g/mol. The van der Waals surface area contributed by atoms with Crippen LogP contribution in [0.5, 0.6) is 11.5 Å². The van der Waals surface area contributed by atoms with Crippen LogP contribution in [0.4, 0.5) is 4.79 Å². The Kier molecular flexibility index (Phi) is 8.32. The molecule has 1 heterocycles. The number of thioether (sulfide) groups is 1. The molecule has 4 rings (SSSR count). The zero-order chi connectivity index (χ0) is 26.0. The summed E-state index contributed by atoms with van der Waals surface area (Å²) in [6.07, 6.45) is 1.57. The summed E-state index contributed by atoms with van der Waals surface area (Å²) in [5.74, 6) is -0.610. The van der Waals surface area contributed by atoms with Gasteiger partial charge in [-0.1, -0.05) is 40.9 Å². The second kappa shape index (κ2) is 11.3. The summed E-state index contributed by atoms with van der Waals surface area (Å²) in [6.45, 7) is 0.0610. The van der Waals surface area contributed by atoms with E-state index in [1.807, 2.05) is 0 Å². The fraction of sp³-hybridized carbons (Fsp3) is 0.0800. The number of carbonyl (C=O) groups excluding carboxylic acids is 3. The van der Waals surface area contributed by atoms with Gasteiger partial charge in [0.1, 0.15) is 0 Å². The van der Waals surface area contributed by atoms with E-state index in [0.29, 0.717) is 36.2 Å². The Balaban J connectivity index is 1.56. The van der Waals surface area contributed by atoms with Crippen LogP contribution in [0.15, 0.2) is 64.0 Å². The number of halogens is 4. The maximum Gasteiger partial charge on any atom is 0.343 e. The lowest BCUT2D eigenvalue weighted by Crippen LogP contribution is -2.27. The molecule has 0 aliphatic carbocycles. The summed E-state index contributed by atoms with van der Waals surface area (Å²) in [4.78, 5) is 39.4. The van der Waals surface area contributed by atoms with Crippen LogP contribution in [-0.4, -0.2) is 29.1 Å². The number of hydrogen-bond donors (Lipinski definition) is 0. The Bertz CT molecular complexity index is 1410. The zero-order valence-corrected chi connectivity index (χ0v) is 23.1. The van der Waals surface area contributed by atoms with Crippen LogP contribution in [0.25, 0.3) is 6.08 Å². The van der Waals surface area contributed by atoms with Gasteiger partial charge in [0.05, 0.1) is 38.6 Å². The van der Waals surface area contributed by atoms with Crippen LogP contribution < -0.4 is 9.47 Å². The Morgan fingerprint density at radius 2 is 1.75 bits per heavy atom. The van der Waals surface area contributed by atoms with Gasteiger partial charge in [0.25, 0.3) is 11.1 Å². The van der Waals surface area contributed by atoms with E-state index in [2.05, 4.69) is 15.9 Å². The molecule has 0 N–H and O–H groups in total. The second-order valence-electron chi connectivity index (χ2n) is 7.45. The van der Waals surface area contributed by atoms with Gasteiger partial charge in [0.2, 0.25) is 0 Å². The van der Waals surface area contributed by atoms with Crippen molar-refractivity contribution in [3.05, 3.63) is 95.7 Å². The summed E-state index contributed by atoms with van der Waals surface area (Å²) >= 11 is 22.1. The maximum atomic E-state index is 12.9. The third-order valence-corrected chi connectivity index (χ3v) is 7.51. The highest BCUT2D eigenvalue weighted by Gasteiger charge is 2.35. The summed E-state index contributed by atoms with van der Waals surface area (Å²) in [5.41, 5.74) is 1.54. The molecule has 1 aliphatic heterocycles. The van der Waals surface area contributed by atoms with E-state index in [4.69, 9.17) is 44.3 Å². The zero-order valence-electron chi connectivity index (χ0n) is 18.4. The molecule has 0 radical (unpaired) electrons. The Labute approximate surface area is 234 Å². The normalized spacial score (nSPS) is 14.5. The van der Waals surface area contributed by atoms with Crippen LogP contribution in [0.3, 0.4) is 0 Å². The van der Waals surface area contributed by atoms with Gasteiger partial charge in [0, 0.05) is 5.02 Å². The van der Waals surface area contributed by atoms with Crippen LogP contribution in [-0.2, 0) is 11.3 Å². The molecule has 2 amide bonds. The van der Waals surface area contributed by atoms with Crippen molar-refractivity contribution in [1.29, 1.82) is 0 Å². The largest absolute Gasteiger partial charge is 0.493 e. The SMILES string of the molecule is COc1cc(/C=C2\SC(=O)N(Cc3ccc(Cl)c(Cl)c3)C2=O)cc(Br)c1OC(=O)c1ccc(Cl)cc1. The molecule has 0 saturated carbocycles. The molecule has 184 valence electrons. The average Bonchev–Trinajstić information content (AvgIpc) is 3.10. The molecule has 36 heavy (non-hydrogen) atoms. The minimum absolute atomic E-state index is 0.0610. The Morgan fingerprint density at radius 3 is 2.42 bits per heavy atom. The van der Waals surface area contributed by atoms with Crippen molar-refractivity contribution in [2.24, 2.45) is 0 Å². The first-order chi connectivity index (χ1) is 17.2. The predicted molar refractivity (Wildman–Crippen MR) is 145 cm³/mol. The number of esters is 1. The summed E-state index contributed by atoms with van der Waals surface area (Å²) in [6, 6.07) is 14.4. The molecule has 0 aromatic heterocycles. The van der Waals surface area contributed by atoms with Crippen molar-refractivity contribution in [3.63, 3.8) is 0 Å². The number of carbonyl (C=O) groups is 3. The number of methoxy groups -OCH3 is 1. The molecule has 3 aromatic rings. The molecular formula is C25H15BrCl3NO5S. The van der Waals surface area contributed by atoms with Crippen molar-refractivity contribution in [2.45, 2.75) is 6.54 Å². The number of amides is 2. The second-order valence-corrected chi connectivity index (χ2v) is 10.5. The molecule has 0 unspecified atom stereocenters. The van der Waals surface area contributed by atoms with Gasteiger partial charge in [-0.3, -0.25) is 14.5 Å². The van der Waals surface area contributed by atoms with Crippen LogP contribution in [0, 0.1) is 0 Å². The third kappa shape index (κ3) is 5.90. The van der Waals surface area contributed by atoms with E-state index in [1.54, 1.807) is 60.7 Å². The van der Waals surface area contributed by atoms with E-state index < -0.39 is 17.1 Å². The van der Waals surface area contributed by atoms with Gasteiger partial charge in [-0.2, -0.15) is 0 Å². The minimum atomic E-state index is -0.596. The minimum Gasteiger partial charge on any atom is -0.493 e. The molecule has 0 spiro atoms. The third-order valence-electron chi connectivity index (χ3n) is 5.02. The van der Waals surface area contributed by atoms with Crippen LogP contribution >= 0.6 is 62.5 Å². The quantitative estimate of drug-likeness (QED) is 0.157. The molecular weight excluding hydrogens is 613 g/mol. The van der Waals surface area contributed by atoms with E-state index in [-0.39, 0.29) is 22.9 Å². The lowest BCUT2D eigenvalue weighted by molar-refractivity contribution is -0.123. The number of ether oxygens (including phenoxy) is 2. The standard InChI is InChI=1S/C25H15BrCl3NO5S/c1-34-20-10-14(8-17(26)22(20)35-24(32)15-3-5-16(27)6-4-15)11-21-23(31)30(25(33)36-21)12-13-2-7-18(28)19(29)9-13/h2-11H,12H2,1H3/b21-11-. The predicted octanol–water partition coefficient (Wildman–Crippen LogP) is 7.87. The van der Waals surface area contributed by atoms with Gasteiger partial charge >= 0.3 is 5.97 Å². The first-order valence-corrected chi connectivity index (χ1v) is 12.9. The van der Waals surface area contributed by atoms with Crippen molar-refractivity contribution >= 4 is 85.7 Å². The van der Waals surface area contributed by atoms with Gasteiger partial charge in [-0.15, -0.1) is 0 Å². The van der Waals surface area contributed by atoms with Crippen molar-refractivity contribution < 1.29 is 23.9 Å². The van der Waals surface area contributed by atoms with Gasteiger partial charge in [-0.25, -0.2) is 4.79 Å². The fourth-order valence-electron chi connectivity index (χ4n) is 3.27. The highest BCUT2D eigenvalue weighted by Crippen LogP contribution is 2.40. The van der Waals surface area contributed by atoms with Crippen LogP contribution in [0.2, 0.25) is 15.1 Å². The van der Waals surface area contributed by atoms with E-state index in [1.165, 1.54) is 7.11 Å². The molecule has 1 saturated heterocycles. The molecule has 6 nitrogen and oxygen atoms in total. The summed E-state index contributed by atoms with van der Waals surface area (Å²) < 4.78 is 11.4. The van der Waals surface area contributed by atoms with Gasteiger partial charge in [0.15, 0.2) is 11.5 Å². The van der Waals surface area contributed by atoms with Crippen molar-refractivity contribution in [2.75, 3.05) is 7.11 Å². The number of nitrogens with zero attached hydrogens (tertiary/aromatic N) is 1. The van der Waals surface area contributed by atoms with Crippen molar-refractivity contribution in [1.82, 2.24) is 4.90 Å². The summed E-state index contributed by atoms with van der Waals surface area (Å²) in [7, 11) is 1.43. The number of imide groups is 1. The van der Waals surface area contributed by atoms with Crippen molar-refractivity contribution in [3.8, 4) is 11.5 Å². The van der Waals surface area contributed by atoms with E-state index >= 15 is 0 Å². The van der Waals surface area contributed by atoms with Gasteiger partial charge < -0.3 is 9.47 Å². The van der Waals surface area contributed by atoms with Crippen LogP contribution in [0.1, 0.15) is 21.5 Å².